The zero-order valence-electron chi connectivity index (χ0n) is 46.3. The van der Waals surface area contributed by atoms with Gasteiger partial charge in [0.05, 0.1) is 33.8 Å². The number of nitrogens with zero attached hydrogens (tertiary/aromatic N) is 1. The van der Waals surface area contributed by atoms with Crippen molar-refractivity contribution < 1.29 is 37.3 Å². The van der Waals surface area contributed by atoms with Gasteiger partial charge in [-0.25, -0.2) is 0 Å². The van der Waals surface area contributed by atoms with Crippen LogP contribution in [0.15, 0.2) is 36.5 Å². The highest BCUT2D eigenvalue weighted by Gasteiger charge is 2.27. The fourth-order valence-corrected chi connectivity index (χ4v) is 9.22. The molecular weight excluding hydrogens is 880 g/mol. The van der Waals surface area contributed by atoms with Crippen molar-refractivity contribution in [1.29, 1.82) is 0 Å². The molecule has 3 atom stereocenters. The van der Waals surface area contributed by atoms with Crippen LogP contribution in [-0.2, 0) is 27.9 Å². The molecule has 69 heavy (non-hydrogen) atoms. The number of esters is 1. The predicted octanol–water partition coefficient (Wildman–Crippen LogP) is 16.9. The van der Waals surface area contributed by atoms with Crippen LogP contribution in [0.2, 0.25) is 0 Å². The van der Waals surface area contributed by atoms with Gasteiger partial charge in [-0.05, 0) is 63.9 Å². The Balaban J connectivity index is 5.28. The number of rotatable bonds is 53. The quantitative estimate of drug-likeness (QED) is 0.0212. The van der Waals surface area contributed by atoms with Gasteiger partial charge in [0.25, 0.3) is 7.82 Å². The first-order chi connectivity index (χ1) is 33.4. The number of amides is 1. The molecule has 0 aliphatic rings. The molecule has 3 unspecified atom stereocenters. The highest BCUT2D eigenvalue weighted by molar-refractivity contribution is 7.45. The molecule has 1 N–H and O–H groups in total. The van der Waals surface area contributed by atoms with Gasteiger partial charge >= 0.3 is 5.97 Å². The highest BCUT2D eigenvalue weighted by atomic mass is 31.2. The van der Waals surface area contributed by atoms with E-state index < -0.39 is 20.0 Å². The Bertz CT molecular complexity index is 1280. The van der Waals surface area contributed by atoms with Crippen LogP contribution in [0.1, 0.15) is 278 Å². The summed E-state index contributed by atoms with van der Waals surface area (Å²) in [5, 5.41) is 3.02. The van der Waals surface area contributed by atoms with E-state index in [9.17, 15) is 19.0 Å². The third kappa shape index (κ3) is 51.0. The number of hydrogen-bond donors (Lipinski definition) is 1. The van der Waals surface area contributed by atoms with Crippen LogP contribution in [-0.4, -0.2) is 69.4 Å². The number of nitrogens with one attached hydrogen (secondary N) is 1. The summed E-state index contributed by atoms with van der Waals surface area (Å²) in [6.45, 7) is 6.83. The summed E-state index contributed by atoms with van der Waals surface area (Å²) in [5.74, 6) is -0.537. The maximum absolute atomic E-state index is 13.4. The first-order valence-corrected chi connectivity index (χ1v) is 30.8. The number of quaternary nitrogens is 1. The van der Waals surface area contributed by atoms with Crippen molar-refractivity contribution in [1.82, 2.24) is 5.32 Å². The van der Waals surface area contributed by atoms with Crippen LogP contribution in [0, 0.1) is 0 Å². The maximum Gasteiger partial charge on any atom is 0.306 e. The average Bonchev–Trinajstić information content (AvgIpc) is 3.31. The molecule has 0 aromatic carbocycles. The molecule has 0 fully saturated rings. The lowest BCUT2D eigenvalue weighted by Crippen LogP contribution is -2.47. The number of ether oxygens (including phenoxy) is 1. The number of hydrogen-bond acceptors (Lipinski definition) is 7. The predicted molar refractivity (Wildman–Crippen MR) is 293 cm³/mol. The molecule has 10 heteroatoms. The Morgan fingerprint density at radius 3 is 1.33 bits per heavy atom. The zero-order chi connectivity index (χ0) is 50.8. The topological polar surface area (TPSA) is 114 Å². The molecule has 0 rings (SSSR count). The molecule has 0 aliphatic carbocycles. The zero-order valence-corrected chi connectivity index (χ0v) is 47.2. The Labute approximate surface area is 427 Å². The van der Waals surface area contributed by atoms with Crippen molar-refractivity contribution in [2.45, 2.75) is 290 Å². The molecular formula is C59H113N2O7P. The van der Waals surface area contributed by atoms with E-state index in [4.69, 9.17) is 13.8 Å². The van der Waals surface area contributed by atoms with Gasteiger partial charge in [0.15, 0.2) is 0 Å². The Kier molecular flexibility index (Phi) is 48.5. The molecule has 0 heterocycles. The van der Waals surface area contributed by atoms with E-state index in [2.05, 4.69) is 50.4 Å². The van der Waals surface area contributed by atoms with Gasteiger partial charge < -0.3 is 28.5 Å². The highest BCUT2D eigenvalue weighted by Crippen LogP contribution is 2.38. The molecule has 0 spiro atoms. The van der Waals surface area contributed by atoms with E-state index >= 15 is 0 Å². The van der Waals surface area contributed by atoms with Crippen LogP contribution in [0.3, 0.4) is 0 Å². The summed E-state index contributed by atoms with van der Waals surface area (Å²) in [6, 6.07) is -0.884. The lowest BCUT2D eigenvalue weighted by atomic mass is 10.0. The molecule has 1 amide bonds. The van der Waals surface area contributed by atoms with Gasteiger partial charge in [0, 0.05) is 12.8 Å². The standard InChI is InChI=1S/C59H113N2O7P/c1-7-10-13-16-19-22-25-27-28-29-30-31-32-34-37-40-43-46-49-52-59(63)68-57(50-47-44-41-38-36-33-26-23-20-17-14-11-8-2)56(55-67-69(64,65)66-54-53-61(4,5)6)60-58(62)51-48-45-42-39-35-24-21-18-15-12-9-3/h19,22,27-28,47,50,56-57H,7-18,20-21,23-26,29-46,48-49,51-55H2,1-6H3,(H-,60,62,64,65)/b22-19-,28-27-,50-47-. The number of phosphoric ester groups is 1. The number of phosphoric acid groups is 1. The summed E-state index contributed by atoms with van der Waals surface area (Å²) in [7, 11) is 1.19. The molecule has 0 radical (unpaired) electrons. The fourth-order valence-electron chi connectivity index (χ4n) is 8.49. The smallest absolute Gasteiger partial charge is 0.306 e. The second kappa shape index (κ2) is 49.8. The van der Waals surface area contributed by atoms with Crippen molar-refractivity contribution in [2.24, 2.45) is 0 Å². The summed E-state index contributed by atoms with van der Waals surface area (Å²) >= 11 is 0. The van der Waals surface area contributed by atoms with Crippen molar-refractivity contribution >= 4 is 19.7 Å². The summed E-state index contributed by atoms with van der Waals surface area (Å²) in [6.07, 6.45) is 58.1. The third-order valence-electron chi connectivity index (χ3n) is 13.1. The van der Waals surface area contributed by atoms with Crippen molar-refractivity contribution in [3.05, 3.63) is 36.5 Å². The van der Waals surface area contributed by atoms with E-state index in [1.54, 1.807) is 0 Å². The maximum atomic E-state index is 13.4. The van der Waals surface area contributed by atoms with Gasteiger partial charge in [-0.3, -0.25) is 14.2 Å². The first kappa shape index (κ1) is 67.2. The van der Waals surface area contributed by atoms with Crippen LogP contribution in [0.5, 0.6) is 0 Å². The van der Waals surface area contributed by atoms with Crippen LogP contribution in [0.25, 0.3) is 0 Å². The second-order valence-electron chi connectivity index (χ2n) is 21.2. The Morgan fingerprint density at radius 2 is 0.884 bits per heavy atom. The minimum atomic E-state index is -4.69. The monoisotopic (exact) mass is 993 g/mol. The van der Waals surface area contributed by atoms with Crippen molar-refractivity contribution in [3.63, 3.8) is 0 Å². The lowest BCUT2D eigenvalue weighted by Gasteiger charge is -2.30. The van der Waals surface area contributed by atoms with E-state index in [0.717, 1.165) is 64.2 Å². The first-order valence-electron chi connectivity index (χ1n) is 29.3. The molecule has 0 aliphatic heterocycles. The van der Waals surface area contributed by atoms with E-state index in [-0.39, 0.29) is 31.5 Å². The van der Waals surface area contributed by atoms with Crippen LogP contribution < -0.4 is 10.2 Å². The summed E-state index contributed by atoms with van der Waals surface area (Å²) < 4.78 is 30.2. The Morgan fingerprint density at radius 1 is 0.507 bits per heavy atom. The summed E-state index contributed by atoms with van der Waals surface area (Å²) in [4.78, 5) is 39.8. The average molecular weight is 994 g/mol. The Hall–Kier alpha value is -1.77. The van der Waals surface area contributed by atoms with E-state index in [1.807, 2.05) is 33.3 Å². The molecule has 0 saturated carbocycles. The molecule has 0 bridgehead atoms. The van der Waals surface area contributed by atoms with Crippen LogP contribution >= 0.6 is 7.82 Å². The molecule has 0 saturated heterocycles. The van der Waals surface area contributed by atoms with Crippen LogP contribution in [0.4, 0.5) is 0 Å². The van der Waals surface area contributed by atoms with Crippen molar-refractivity contribution in [2.75, 3.05) is 40.9 Å². The summed E-state index contributed by atoms with van der Waals surface area (Å²) in [5.41, 5.74) is 0. The molecule has 9 nitrogen and oxygen atoms in total. The fraction of sp³-hybridized carbons (Fsp3) is 0.864. The number of carbonyl (C=O) groups excluding carboxylic acids is 2. The normalized spacial score (nSPS) is 14.0. The molecule has 0 aromatic rings. The molecule has 0 aromatic heterocycles. The van der Waals surface area contributed by atoms with Gasteiger partial charge in [-0.1, -0.05) is 237 Å². The minimum absolute atomic E-state index is 0.0208. The third-order valence-corrected chi connectivity index (χ3v) is 14.0. The number of carbonyl (C=O) groups is 2. The van der Waals surface area contributed by atoms with Gasteiger partial charge in [-0.2, -0.15) is 0 Å². The second-order valence-corrected chi connectivity index (χ2v) is 22.6. The van der Waals surface area contributed by atoms with Gasteiger partial charge in [0.2, 0.25) is 5.91 Å². The van der Waals surface area contributed by atoms with Gasteiger partial charge in [0.1, 0.15) is 19.3 Å². The van der Waals surface area contributed by atoms with E-state index in [1.165, 1.54) is 180 Å². The number of unbranched alkanes of at least 4 members (excludes halogenated alkanes) is 33. The minimum Gasteiger partial charge on any atom is -0.756 e. The molecule has 406 valence electrons. The lowest BCUT2D eigenvalue weighted by molar-refractivity contribution is -0.870. The number of allylic oxidation sites excluding steroid dienone is 5. The largest absolute Gasteiger partial charge is 0.756 e. The van der Waals surface area contributed by atoms with Gasteiger partial charge in [-0.15, -0.1) is 0 Å². The van der Waals surface area contributed by atoms with E-state index in [0.29, 0.717) is 17.4 Å². The SMILES string of the molecule is CCCCC/C=C\C/C=C\CCCCCCCCCCCC(=O)OC(/C=C\CCCCCCCCCCCCC)C(COP(=O)([O-])OCC[N+](C)(C)C)NC(=O)CCCCCCCCCCCCC. The van der Waals surface area contributed by atoms with Crippen molar-refractivity contribution in [3.8, 4) is 0 Å². The number of likely N-dealkylation sites (N-methyl/N-ethyl adjacent to an activating group) is 1.